The fourth-order valence-corrected chi connectivity index (χ4v) is 5.09. The molecule has 2 atom stereocenters. The van der Waals surface area contributed by atoms with Crippen LogP contribution in [0.5, 0.6) is 5.75 Å². The number of aryl methyl sites for hydroxylation is 1. The lowest BCUT2D eigenvalue weighted by Crippen LogP contribution is -2.18. The number of rotatable bonds is 5. The first-order valence-corrected chi connectivity index (χ1v) is 10.4. The van der Waals surface area contributed by atoms with E-state index in [1.54, 1.807) is 11.3 Å². The van der Waals surface area contributed by atoms with E-state index in [2.05, 4.69) is 17.2 Å². The minimum absolute atomic E-state index is 0.0117. The van der Waals surface area contributed by atoms with Crippen LogP contribution in [0, 0.1) is 5.92 Å². The Bertz CT molecular complexity index is 1010. The molecule has 0 bridgehead atoms. The van der Waals surface area contributed by atoms with Gasteiger partial charge in [-0.1, -0.05) is 6.92 Å². The summed E-state index contributed by atoms with van der Waals surface area (Å²) in [5.74, 6) is 2.21. The number of fused-ring (bicyclic) bond motifs is 3. The molecule has 0 fully saturated rings. The second-order valence-electron chi connectivity index (χ2n) is 7.31. The predicted octanol–water partition coefficient (Wildman–Crippen LogP) is 4.68. The lowest BCUT2D eigenvalue weighted by Gasteiger charge is -2.17. The van der Waals surface area contributed by atoms with Gasteiger partial charge >= 0.3 is 0 Å². The third-order valence-electron chi connectivity index (χ3n) is 5.14. The van der Waals surface area contributed by atoms with Crippen LogP contribution in [0.2, 0.25) is 0 Å². The average Bonchev–Trinajstić information content (AvgIpc) is 3.01. The van der Waals surface area contributed by atoms with E-state index in [0.29, 0.717) is 18.3 Å². The lowest BCUT2D eigenvalue weighted by molar-refractivity contribution is 0.340. The molecule has 0 unspecified atom stereocenters. The Balaban J connectivity index is 1.60. The Morgan fingerprint density at radius 3 is 2.89 bits per heavy atom. The number of nitrogens with one attached hydrogen (secondary N) is 2. The standard InChI is InChI=1S/C21H25N3O2S/c1-4-26-15-8-6-14(7-9-15)22-13(3)19-23-20(25)18-16-10-5-12(2)11-17(16)27-21(18)24-19/h6-9,12-13,22H,4-5,10-11H2,1-3H3,(H,23,24,25)/t12-,13-/m0/s1. The van der Waals surface area contributed by atoms with Gasteiger partial charge in [-0.05, 0) is 68.9 Å². The number of anilines is 1. The maximum absolute atomic E-state index is 12.8. The van der Waals surface area contributed by atoms with Crippen molar-refractivity contribution in [3.05, 3.63) is 50.9 Å². The molecule has 6 heteroatoms. The Labute approximate surface area is 162 Å². The van der Waals surface area contributed by atoms with Gasteiger partial charge in [0.25, 0.3) is 5.56 Å². The number of hydrogen-bond acceptors (Lipinski definition) is 5. The van der Waals surface area contributed by atoms with Crippen LogP contribution in [0.1, 0.15) is 49.5 Å². The molecule has 142 valence electrons. The van der Waals surface area contributed by atoms with Crippen LogP contribution < -0.4 is 15.6 Å². The van der Waals surface area contributed by atoms with Gasteiger partial charge in [-0.15, -0.1) is 11.3 Å². The van der Waals surface area contributed by atoms with Crippen LogP contribution >= 0.6 is 11.3 Å². The molecule has 0 amide bonds. The SMILES string of the molecule is CCOc1ccc(N[C@@H](C)c2nc3sc4c(c3c(=O)[nH]2)CC[C@H](C)C4)cc1. The summed E-state index contributed by atoms with van der Waals surface area (Å²) in [5.41, 5.74) is 2.18. The third-order valence-corrected chi connectivity index (χ3v) is 6.29. The molecule has 0 saturated heterocycles. The molecule has 1 aromatic carbocycles. The van der Waals surface area contributed by atoms with Crippen molar-refractivity contribution in [1.82, 2.24) is 9.97 Å². The van der Waals surface area contributed by atoms with Crippen molar-refractivity contribution in [1.29, 1.82) is 0 Å². The second-order valence-corrected chi connectivity index (χ2v) is 8.39. The highest BCUT2D eigenvalue weighted by Gasteiger charge is 2.23. The van der Waals surface area contributed by atoms with E-state index in [0.717, 1.165) is 40.9 Å². The van der Waals surface area contributed by atoms with Gasteiger partial charge in [0, 0.05) is 10.6 Å². The number of H-pyrrole nitrogens is 1. The Kier molecular flexibility index (Phi) is 4.91. The smallest absolute Gasteiger partial charge is 0.259 e. The number of aromatic nitrogens is 2. The van der Waals surface area contributed by atoms with Gasteiger partial charge in [0.2, 0.25) is 0 Å². The molecule has 0 spiro atoms. The topological polar surface area (TPSA) is 67.0 Å². The summed E-state index contributed by atoms with van der Waals surface area (Å²) >= 11 is 1.69. The summed E-state index contributed by atoms with van der Waals surface area (Å²) in [6.45, 7) is 6.91. The third kappa shape index (κ3) is 3.58. The second kappa shape index (κ2) is 7.35. The lowest BCUT2D eigenvalue weighted by atomic mass is 9.89. The van der Waals surface area contributed by atoms with E-state index in [1.807, 2.05) is 38.1 Å². The maximum Gasteiger partial charge on any atom is 0.259 e. The van der Waals surface area contributed by atoms with Gasteiger partial charge in [-0.25, -0.2) is 4.98 Å². The van der Waals surface area contributed by atoms with Crippen molar-refractivity contribution in [2.24, 2.45) is 5.92 Å². The van der Waals surface area contributed by atoms with E-state index in [9.17, 15) is 4.79 Å². The van der Waals surface area contributed by atoms with Crippen LogP contribution in [-0.4, -0.2) is 16.6 Å². The van der Waals surface area contributed by atoms with Crippen molar-refractivity contribution in [3.63, 3.8) is 0 Å². The first kappa shape index (κ1) is 18.0. The van der Waals surface area contributed by atoms with E-state index >= 15 is 0 Å². The molecule has 27 heavy (non-hydrogen) atoms. The molecule has 0 radical (unpaired) electrons. The molecular weight excluding hydrogens is 358 g/mol. The van der Waals surface area contributed by atoms with Crippen LogP contribution in [0.4, 0.5) is 5.69 Å². The van der Waals surface area contributed by atoms with Gasteiger partial charge in [0.1, 0.15) is 16.4 Å². The quantitative estimate of drug-likeness (QED) is 0.671. The Morgan fingerprint density at radius 2 is 2.15 bits per heavy atom. The normalized spacial score (nSPS) is 17.5. The minimum Gasteiger partial charge on any atom is -0.494 e. The molecule has 2 heterocycles. The zero-order chi connectivity index (χ0) is 19.0. The highest BCUT2D eigenvalue weighted by atomic mass is 32.1. The number of thiophene rings is 1. The van der Waals surface area contributed by atoms with Crippen LogP contribution in [0.25, 0.3) is 10.2 Å². The molecule has 2 N–H and O–H groups in total. The predicted molar refractivity (Wildman–Crippen MR) is 111 cm³/mol. The number of nitrogens with zero attached hydrogens (tertiary/aromatic N) is 1. The van der Waals surface area contributed by atoms with Gasteiger partial charge in [0.15, 0.2) is 0 Å². The highest BCUT2D eigenvalue weighted by Crippen LogP contribution is 2.36. The molecule has 1 aliphatic carbocycles. The van der Waals surface area contributed by atoms with Crippen molar-refractivity contribution in [2.75, 3.05) is 11.9 Å². The summed E-state index contributed by atoms with van der Waals surface area (Å²) in [6.07, 6.45) is 3.20. The average molecular weight is 384 g/mol. The summed E-state index contributed by atoms with van der Waals surface area (Å²) in [7, 11) is 0. The van der Waals surface area contributed by atoms with Crippen molar-refractivity contribution in [2.45, 2.75) is 46.1 Å². The van der Waals surface area contributed by atoms with Crippen LogP contribution in [0.3, 0.4) is 0 Å². The zero-order valence-electron chi connectivity index (χ0n) is 16.0. The number of hydrogen-bond donors (Lipinski definition) is 2. The fourth-order valence-electron chi connectivity index (χ4n) is 3.70. The van der Waals surface area contributed by atoms with E-state index < -0.39 is 0 Å². The molecule has 5 nitrogen and oxygen atoms in total. The molecular formula is C21H25N3O2S. The van der Waals surface area contributed by atoms with Crippen molar-refractivity contribution >= 4 is 27.2 Å². The largest absolute Gasteiger partial charge is 0.494 e. The van der Waals surface area contributed by atoms with Gasteiger partial charge in [-0.3, -0.25) is 4.79 Å². The van der Waals surface area contributed by atoms with Gasteiger partial charge < -0.3 is 15.0 Å². The first-order valence-electron chi connectivity index (χ1n) is 9.59. The van der Waals surface area contributed by atoms with Crippen LogP contribution in [0.15, 0.2) is 29.1 Å². The van der Waals surface area contributed by atoms with Crippen LogP contribution in [-0.2, 0) is 12.8 Å². The van der Waals surface area contributed by atoms with Gasteiger partial charge in [0.05, 0.1) is 18.0 Å². The highest BCUT2D eigenvalue weighted by molar-refractivity contribution is 7.18. The van der Waals surface area contributed by atoms with Crippen molar-refractivity contribution < 1.29 is 4.74 Å². The summed E-state index contributed by atoms with van der Waals surface area (Å²) < 4.78 is 5.48. The number of ether oxygens (including phenoxy) is 1. The summed E-state index contributed by atoms with van der Waals surface area (Å²) in [4.78, 5) is 22.7. The van der Waals surface area contributed by atoms with Gasteiger partial charge in [-0.2, -0.15) is 0 Å². The summed E-state index contributed by atoms with van der Waals surface area (Å²) in [5, 5.41) is 4.21. The molecule has 0 aliphatic heterocycles. The molecule has 2 aromatic heterocycles. The molecule has 4 rings (SSSR count). The number of aromatic amines is 1. The van der Waals surface area contributed by atoms with E-state index in [1.165, 1.54) is 10.4 Å². The maximum atomic E-state index is 12.8. The minimum atomic E-state index is -0.0990. The molecule has 0 saturated carbocycles. The van der Waals surface area contributed by atoms with E-state index in [4.69, 9.17) is 9.72 Å². The Hall–Kier alpha value is -2.34. The monoisotopic (exact) mass is 383 g/mol. The zero-order valence-corrected chi connectivity index (χ0v) is 16.8. The van der Waals surface area contributed by atoms with Crippen molar-refractivity contribution in [3.8, 4) is 5.75 Å². The number of benzene rings is 1. The molecule has 1 aliphatic rings. The first-order chi connectivity index (χ1) is 13.0. The molecule has 3 aromatic rings. The summed E-state index contributed by atoms with van der Waals surface area (Å²) in [6, 6.07) is 7.73. The Morgan fingerprint density at radius 1 is 1.37 bits per heavy atom. The fraction of sp³-hybridized carbons (Fsp3) is 0.429. The van der Waals surface area contributed by atoms with E-state index in [-0.39, 0.29) is 11.6 Å².